The summed E-state index contributed by atoms with van der Waals surface area (Å²) >= 11 is 3.51. The van der Waals surface area contributed by atoms with E-state index in [-0.39, 0.29) is 0 Å². The van der Waals surface area contributed by atoms with Crippen molar-refractivity contribution in [1.82, 2.24) is 5.32 Å². The van der Waals surface area contributed by atoms with Crippen molar-refractivity contribution in [2.45, 2.75) is 13.1 Å². The van der Waals surface area contributed by atoms with Crippen LogP contribution in [0.4, 0.5) is 0 Å². The summed E-state index contributed by atoms with van der Waals surface area (Å²) in [6.07, 6.45) is 0. The Balaban J connectivity index is 2.09. The lowest BCUT2D eigenvalue weighted by Gasteiger charge is -2.14. The zero-order valence-electron chi connectivity index (χ0n) is 14.3. The van der Waals surface area contributed by atoms with E-state index in [4.69, 9.17) is 18.9 Å². The highest BCUT2D eigenvalue weighted by Gasteiger charge is 2.12. The fourth-order valence-corrected chi connectivity index (χ4v) is 3.16. The largest absolute Gasteiger partial charge is 0.493 e. The Morgan fingerprint density at radius 1 is 0.833 bits per heavy atom. The van der Waals surface area contributed by atoms with E-state index in [1.54, 1.807) is 28.4 Å². The Hall–Kier alpha value is -1.92. The first kappa shape index (κ1) is 18.4. The van der Waals surface area contributed by atoms with Crippen LogP contribution in [0.3, 0.4) is 0 Å². The maximum Gasteiger partial charge on any atom is 0.174 e. The molecule has 24 heavy (non-hydrogen) atoms. The molecular formula is C18H22BrNO4. The van der Waals surface area contributed by atoms with Crippen molar-refractivity contribution in [3.63, 3.8) is 0 Å². The van der Waals surface area contributed by atoms with Gasteiger partial charge < -0.3 is 24.3 Å². The van der Waals surface area contributed by atoms with Gasteiger partial charge in [-0.15, -0.1) is 0 Å². The van der Waals surface area contributed by atoms with E-state index in [2.05, 4.69) is 21.2 Å². The molecule has 1 N–H and O–H groups in total. The number of hydrogen-bond donors (Lipinski definition) is 1. The van der Waals surface area contributed by atoms with Crippen molar-refractivity contribution >= 4 is 15.9 Å². The lowest BCUT2D eigenvalue weighted by atomic mass is 10.1. The van der Waals surface area contributed by atoms with Crippen molar-refractivity contribution in [3.8, 4) is 23.0 Å². The topological polar surface area (TPSA) is 49.0 Å². The van der Waals surface area contributed by atoms with E-state index in [0.717, 1.165) is 27.1 Å². The minimum absolute atomic E-state index is 0.659. The normalized spacial score (nSPS) is 10.4. The van der Waals surface area contributed by atoms with Crippen LogP contribution < -0.4 is 24.3 Å². The molecular weight excluding hydrogens is 374 g/mol. The summed E-state index contributed by atoms with van der Waals surface area (Å²) in [5, 5.41) is 3.41. The first-order valence-electron chi connectivity index (χ1n) is 7.45. The summed E-state index contributed by atoms with van der Waals surface area (Å²) in [6.45, 7) is 1.34. The molecule has 2 aromatic rings. The Morgan fingerprint density at radius 2 is 1.54 bits per heavy atom. The Labute approximate surface area is 151 Å². The molecule has 0 bridgehead atoms. The molecule has 0 fully saturated rings. The van der Waals surface area contributed by atoms with Gasteiger partial charge in [0.05, 0.1) is 32.9 Å². The molecule has 0 aliphatic heterocycles. The molecule has 0 spiro atoms. The van der Waals surface area contributed by atoms with E-state index in [1.165, 1.54) is 0 Å². The number of rotatable bonds is 8. The van der Waals surface area contributed by atoms with Gasteiger partial charge in [0.25, 0.3) is 0 Å². The zero-order chi connectivity index (χ0) is 17.5. The molecule has 0 heterocycles. The highest BCUT2D eigenvalue weighted by Crippen LogP contribution is 2.36. The molecule has 0 aromatic heterocycles. The van der Waals surface area contributed by atoms with Crippen LogP contribution in [0.25, 0.3) is 0 Å². The Kier molecular flexibility index (Phi) is 6.75. The number of halogens is 1. The Morgan fingerprint density at radius 3 is 2.17 bits per heavy atom. The highest BCUT2D eigenvalue weighted by atomic mass is 79.9. The van der Waals surface area contributed by atoms with Gasteiger partial charge in [0.15, 0.2) is 23.0 Å². The minimum Gasteiger partial charge on any atom is -0.493 e. The summed E-state index contributed by atoms with van der Waals surface area (Å²) in [6, 6.07) is 9.81. The molecule has 2 rings (SSSR count). The predicted octanol–water partition coefficient (Wildman–Crippen LogP) is 3.77. The van der Waals surface area contributed by atoms with Crippen molar-refractivity contribution in [2.24, 2.45) is 0 Å². The Bertz CT molecular complexity index is 691. The molecule has 0 saturated heterocycles. The van der Waals surface area contributed by atoms with Crippen LogP contribution in [0, 0.1) is 0 Å². The molecule has 0 radical (unpaired) electrons. The first-order chi connectivity index (χ1) is 11.6. The number of benzene rings is 2. The molecule has 0 aliphatic carbocycles. The van der Waals surface area contributed by atoms with Crippen LogP contribution >= 0.6 is 15.9 Å². The van der Waals surface area contributed by atoms with Crippen LogP contribution in [0.15, 0.2) is 34.8 Å². The zero-order valence-corrected chi connectivity index (χ0v) is 15.9. The second-order valence-corrected chi connectivity index (χ2v) is 5.92. The van der Waals surface area contributed by atoms with E-state index < -0.39 is 0 Å². The second kappa shape index (κ2) is 8.80. The highest BCUT2D eigenvalue weighted by molar-refractivity contribution is 9.10. The average molecular weight is 396 g/mol. The SMILES string of the molecule is COc1cc(CNCc2cccc(OC)c2OC)cc(Br)c1OC. The lowest BCUT2D eigenvalue weighted by Crippen LogP contribution is -2.14. The molecule has 0 atom stereocenters. The molecule has 0 aliphatic rings. The fraction of sp³-hybridized carbons (Fsp3) is 0.333. The van der Waals surface area contributed by atoms with Crippen molar-refractivity contribution in [1.29, 1.82) is 0 Å². The van der Waals surface area contributed by atoms with Crippen molar-refractivity contribution < 1.29 is 18.9 Å². The smallest absolute Gasteiger partial charge is 0.174 e. The van der Waals surface area contributed by atoms with Crippen LogP contribution in [-0.4, -0.2) is 28.4 Å². The van der Waals surface area contributed by atoms with Crippen LogP contribution in [0.1, 0.15) is 11.1 Å². The predicted molar refractivity (Wildman–Crippen MR) is 97.3 cm³/mol. The summed E-state index contributed by atoms with van der Waals surface area (Å²) in [5.74, 6) is 2.87. The average Bonchev–Trinajstić information content (AvgIpc) is 2.60. The molecule has 0 amide bonds. The van der Waals surface area contributed by atoms with Gasteiger partial charge in [-0.2, -0.15) is 0 Å². The quantitative estimate of drug-likeness (QED) is 0.736. The number of ether oxygens (including phenoxy) is 4. The maximum atomic E-state index is 5.45. The van der Waals surface area contributed by atoms with Gasteiger partial charge >= 0.3 is 0 Å². The van der Waals surface area contributed by atoms with Crippen LogP contribution in [0.5, 0.6) is 23.0 Å². The van der Waals surface area contributed by atoms with E-state index >= 15 is 0 Å². The molecule has 0 saturated carbocycles. The lowest BCUT2D eigenvalue weighted by molar-refractivity contribution is 0.350. The summed E-state index contributed by atoms with van der Waals surface area (Å²) < 4.78 is 22.3. The third-order valence-corrected chi connectivity index (χ3v) is 4.21. The van der Waals surface area contributed by atoms with Crippen molar-refractivity contribution in [3.05, 3.63) is 45.9 Å². The third-order valence-electron chi connectivity index (χ3n) is 3.62. The summed E-state index contributed by atoms with van der Waals surface area (Å²) in [7, 11) is 6.53. The monoisotopic (exact) mass is 395 g/mol. The molecule has 130 valence electrons. The van der Waals surface area contributed by atoms with Gasteiger partial charge in [-0.3, -0.25) is 0 Å². The third kappa shape index (κ3) is 4.13. The summed E-state index contributed by atoms with van der Waals surface area (Å²) in [5.41, 5.74) is 2.12. The van der Waals surface area contributed by atoms with E-state index in [1.807, 2.05) is 30.3 Å². The van der Waals surface area contributed by atoms with Crippen molar-refractivity contribution in [2.75, 3.05) is 28.4 Å². The number of para-hydroxylation sites is 1. The number of hydrogen-bond acceptors (Lipinski definition) is 5. The van der Waals surface area contributed by atoms with Gasteiger partial charge in [0.1, 0.15) is 0 Å². The van der Waals surface area contributed by atoms with Crippen LogP contribution in [0.2, 0.25) is 0 Å². The fourth-order valence-electron chi connectivity index (χ4n) is 2.51. The maximum absolute atomic E-state index is 5.45. The second-order valence-electron chi connectivity index (χ2n) is 5.07. The van der Waals surface area contributed by atoms with E-state index in [0.29, 0.717) is 24.6 Å². The number of methoxy groups -OCH3 is 4. The van der Waals surface area contributed by atoms with Gasteiger partial charge in [-0.25, -0.2) is 0 Å². The molecule has 6 heteroatoms. The standard InChI is InChI=1S/C18H22BrNO4/c1-21-15-7-5-6-13(17(15)23-3)11-20-10-12-8-14(19)18(24-4)16(9-12)22-2/h5-9,20H,10-11H2,1-4H3. The number of nitrogens with one attached hydrogen (secondary N) is 1. The minimum atomic E-state index is 0.659. The van der Waals surface area contributed by atoms with E-state index in [9.17, 15) is 0 Å². The van der Waals surface area contributed by atoms with Gasteiger partial charge in [0.2, 0.25) is 0 Å². The van der Waals surface area contributed by atoms with Gasteiger partial charge in [-0.1, -0.05) is 12.1 Å². The molecule has 0 unspecified atom stereocenters. The van der Waals surface area contributed by atoms with Gasteiger partial charge in [-0.05, 0) is 39.7 Å². The molecule has 5 nitrogen and oxygen atoms in total. The summed E-state index contributed by atoms with van der Waals surface area (Å²) in [4.78, 5) is 0. The van der Waals surface area contributed by atoms with Crippen LogP contribution in [-0.2, 0) is 13.1 Å². The van der Waals surface area contributed by atoms with Gasteiger partial charge in [0, 0.05) is 18.7 Å². The molecule has 2 aromatic carbocycles. The first-order valence-corrected chi connectivity index (χ1v) is 8.24.